The first-order chi connectivity index (χ1) is 6.11. The Morgan fingerprint density at radius 1 is 1.54 bits per heavy atom. The predicted octanol–water partition coefficient (Wildman–Crippen LogP) is 2.65. The average Bonchev–Trinajstić information content (AvgIpc) is 2.03. The number of Topliss-reactive ketones (excluding diaryl/α,β-unsaturated/α-hetero) is 1. The Labute approximate surface area is 82.2 Å². The molecule has 1 atom stereocenters. The van der Waals surface area contributed by atoms with Crippen LogP contribution in [0.25, 0.3) is 0 Å². The zero-order valence-corrected chi connectivity index (χ0v) is 8.08. The van der Waals surface area contributed by atoms with Crippen molar-refractivity contribution < 1.29 is 9.90 Å². The number of carbonyl (C=O) groups excluding carboxylic acids is 1. The topological polar surface area (TPSA) is 37.3 Å². The summed E-state index contributed by atoms with van der Waals surface area (Å²) in [7, 11) is 0. The van der Waals surface area contributed by atoms with Gasteiger partial charge in [-0.25, -0.2) is 0 Å². The molecule has 70 valence electrons. The zero-order valence-electron chi connectivity index (χ0n) is 7.33. The van der Waals surface area contributed by atoms with Gasteiger partial charge in [-0.05, 0) is 13.0 Å². The number of aromatic hydroxyl groups is 1. The van der Waals surface area contributed by atoms with Gasteiger partial charge >= 0.3 is 0 Å². The van der Waals surface area contributed by atoms with E-state index in [0.29, 0.717) is 5.56 Å². The van der Waals surface area contributed by atoms with E-state index >= 15 is 0 Å². The van der Waals surface area contributed by atoms with Gasteiger partial charge in [-0.2, -0.15) is 0 Å². The number of carbonyl (C=O) groups is 1. The fourth-order valence-corrected chi connectivity index (χ4v) is 1.52. The Morgan fingerprint density at radius 2 is 2.15 bits per heavy atom. The van der Waals surface area contributed by atoms with Gasteiger partial charge in [-0.1, -0.05) is 18.2 Å². The van der Waals surface area contributed by atoms with Crippen LogP contribution in [-0.2, 0) is 4.79 Å². The summed E-state index contributed by atoms with van der Waals surface area (Å²) in [6.07, 6.45) is 0.249. The molecule has 0 aliphatic rings. The van der Waals surface area contributed by atoms with Crippen LogP contribution in [0.5, 0.6) is 5.75 Å². The zero-order chi connectivity index (χ0) is 9.84. The van der Waals surface area contributed by atoms with Crippen molar-refractivity contribution >= 4 is 17.4 Å². The largest absolute Gasteiger partial charge is 0.508 e. The van der Waals surface area contributed by atoms with Crippen LogP contribution < -0.4 is 0 Å². The number of ketones is 1. The molecular weight excluding hydrogens is 188 g/mol. The molecule has 0 spiro atoms. The maximum absolute atomic E-state index is 10.8. The lowest BCUT2D eigenvalue weighted by atomic mass is 10.1. The van der Waals surface area contributed by atoms with Crippen molar-refractivity contribution in [2.24, 2.45) is 0 Å². The number of phenolic OH excluding ortho intramolecular Hbond substituents is 1. The molecule has 2 nitrogen and oxygen atoms in total. The molecule has 0 aromatic heterocycles. The lowest BCUT2D eigenvalue weighted by Crippen LogP contribution is -1.98. The highest BCUT2D eigenvalue weighted by atomic mass is 35.5. The first-order valence-electron chi connectivity index (χ1n) is 4.02. The lowest BCUT2D eigenvalue weighted by Gasteiger charge is -2.08. The maximum atomic E-state index is 10.8. The van der Waals surface area contributed by atoms with Crippen LogP contribution in [0.15, 0.2) is 24.3 Å². The minimum Gasteiger partial charge on any atom is -0.508 e. The van der Waals surface area contributed by atoms with Crippen LogP contribution in [0.2, 0.25) is 0 Å². The third-order valence-corrected chi connectivity index (χ3v) is 2.13. The third kappa shape index (κ3) is 2.74. The van der Waals surface area contributed by atoms with Gasteiger partial charge in [0, 0.05) is 12.0 Å². The van der Waals surface area contributed by atoms with Crippen LogP contribution in [-0.4, -0.2) is 10.9 Å². The van der Waals surface area contributed by atoms with Gasteiger partial charge < -0.3 is 5.11 Å². The summed E-state index contributed by atoms with van der Waals surface area (Å²) in [5.74, 6) is 0.159. The van der Waals surface area contributed by atoms with Crippen LogP contribution in [0, 0.1) is 0 Å². The van der Waals surface area contributed by atoms with Crippen molar-refractivity contribution in [2.75, 3.05) is 0 Å². The molecule has 0 radical (unpaired) electrons. The molecule has 3 heteroatoms. The fourth-order valence-electron chi connectivity index (χ4n) is 1.11. The van der Waals surface area contributed by atoms with Gasteiger partial charge in [-0.3, -0.25) is 4.79 Å². The second kappa shape index (κ2) is 4.28. The Kier molecular flexibility index (Phi) is 3.32. The monoisotopic (exact) mass is 198 g/mol. The molecule has 0 aliphatic carbocycles. The van der Waals surface area contributed by atoms with Crippen molar-refractivity contribution in [1.82, 2.24) is 0 Å². The Balaban J connectivity index is 2.82. The maximum Gasteiger partial charge on any atom is 0.131 e. The molecule has 1 aromatic rings. The minimum atomic E-state index is -0.432. The van der Waals surface area contributed by atoms with Crippen LogP contribution in [0.3, 0.4) is 0 Å². The Hall–Kier alpha value is -1.02. The third-order valence-electron chi connectivity index (χ3n) is 1.74. The van der Waals surface area contributed by atoms with E-state index in [9.17, 15) is 9.90 Å². The first-order valence-corrected chi connectivity index (χ1v) is 4.46. The number of hydrogen-bond donors (Lipinski definition) is 1. The summed E-state index contributed by atoms with van der Waals surface area (Å²) in [5.41, 5.74) is 0.611. The van der Waals surface area contributed by atoms with Crippen molar-refractivity contribution in [3.63, 3.8) is 0 Å². The molecule has 0 fully saturated rings. The SMILES string of the molecule is CC(=O)CC(Cl)c1ccccc1O. The van der Waals surface area contributed by atoms with Crippen LogP contribution in [0.1, 0.15) is 24.3 Å². The Bertz CT molecular complexity index is 310. The second-order valence-electron chi connectivity index (χ2n) is 2.93. The first kappa shape index (κ1) is 10.1. The van der Waals surface area contributed by atoms with E-state index in [0.717, 1.165) is 0 Å². The highest BCUT2D eigenvalue weighted by Gasteiger charge is 2.13. The molecule has 0 saturated carbocycles. The van der Waals surface area contributed by atoms with Crippen LogP contribution in [0.4, 0.5) is 0 Å². The number of phenols is 1. The minimum absolute atomic E-state index is 0.0169. The number of para-hydroxylation sites is 1. The normalized spacial score (nSPS) is 12.5. The van der Waals surface area contributed by atoms with Crippen molar-refractivity contribution in [1.29, 1.82) is 0 Å². The molecule has 13 heavy (non-hydrogen) atoms. The lowest BCUT2D eigenvalue weighted by molar-refractivity contribution is -0.117. The van der Waals surface area contributed by atoms with E-state index in [1.807, 2.05) is 0 Å². The molecule has 1 rings (SSSR count). The summed E-state index contributed by atoms with van der Waals surface area (Å²) in [4.78, 5) is 10.8. The van der Waals surface area contributed by atoms with Gasteiger partial charge in [0.05, 0.1) is 5.38 Å². The summed E-state index contributed by atoms with van der Waals surface area (Å²) in [6.45, 7) is 1.48. The van der Waals surface area contributed by atoms with E-state index in [2.05, 4.69) is 0 Å². The quantitative estimate of drug-likeness (QED) is 0.759. The standard InChI is InChI=1S/C10H11ClO2/c1-7(12)6-9(11)8-4-2-3-5-10(8)13/h2-5,9,13H,6H2,1H3. The van der Waals surface area contributed by atoms with Gasteiger partial charge in [0.15, 0.2) is 0 Å². The van der Waals surface area contributed by atoms with Gasteiger partial charge in [0.2, 0.25) is 0 Å². The van der Waals surface area contributed by atoms with E-state index in [-0.39, 0.29) is 18.0 Å². The van der Waals surface area contributed by atoms with E-state index in [1.165, 1.54) is 6.92 Å². The molecule has 0 amide bonds. The van der Waals surface area contributed by atoms with Crippen LogP contribution >= 0.6 is 11.6 Å². The summed E-state index contributed by atoms with van der Waals surface area (Å²) in [5, 5.41) is 8.97. The summed E-state index contributed by atoms with van der Waals surface area (Å²) < 4.78 is 0. The highest BCUT2D eigenvalue weighted by molar-refractivity contribution is 6.22. The fraction of sp³-hybridized carbons (Fsp3) is 0.300. The molecule has 0 bridgehead atoms. The molecule has 1 aromatic carbocycles. The van der Waals surface area contributed by atoms with Crippen molar-refractivity contribution in [3.05, 3.63) is 29.8 Å². The van der Waals surface area contributed by atoms with Gasteiger partial charge in [0.1, 0.15) is 11.5 Å². The number of halogens is 1. The number of hydrogen-bond acceptors (Lipinski definition) is 2. The molecular formula is C10H11ClO2. The molecule has 0 saturated heterocycles. The van der Waals surface area contributed by atoms with Gasteiger partial charge in [-0.15, -0.1) is 11.6 Å². The highest BCUT2D eigenvalue weighted by Crippen LogP contribution is 2.30. The van der Waals surface area contributed by atoms with E-state index in [1.54, 1.807) is 24.3 Å². The van der Waals surface area contributed by atoms with E-state index < -0.39 is 5.38 Å². The number of rotatable bonds is 3. The molecule has 0 heterocycles. The molecule has 0 aliphatic heterocycles. The summed E-state index contributed by atoms with van der Waals surface area (Å²) >= 11 is 5.93. The van der Waals surface area contributed by atoms with E-state index in [4.69, 9.17) is 11.6 Å². The van der Waals surface area contributed by atoms with Gasteiger partial charge in [0.25, 0.3) is 0 Å². The number of alkyl halides is 1. The number of benzene rings is 1. The second-order valence-corrected chi connectivity index (χ2v) is 3.46. The summed E-state index contributed by atoms with van der Waals surface area (Å²) in [6, 6.07) is 6.78. The Morgan fingerprint density at radius 3 is 2.69 bits per heavy atom. The average molecular weight is 199 g/mol. The van der Waals surface area contributed by atoms with Crippen molar-refractivity contribution in [2.45, 2.75) is 18.7 Å². The predicted molar refractivity (Wildman–Crippen MR) is 52.0 cm³/mol. The smallest absolute Gasteiger partial charge is 0.131 e. The molecule has 1 N–H and O–H groups in total. The molecule has 1 unspecified atom stereocenters. The van der Waals surface area contributed by atoms with Crippen molar-refractivity contribution in [3.8, 4) is 5.75 Å².